The van der Waals surface area contributed by atoms with Crippen molar-refractivity contribution in [3.8, 4) is 0 Å². The highest BCUT2D eigenvalue weighted by Crippen LogP contribution is 2.15. The Morgan fingerprint density at radius 2 is 2.20 bits per heavy atom. The van der Waals surface area contributed by atoms with Crippen LogP contribution in [0.25, 0.3) is 0 Å². The van der Waals surface area contributed by atoms with Gasteiger partial charge in [0.25, 0.3) is 0 Å². The standard InChI is InChI=1S/CH4N2S2/c1-2-4-5-3-1/h2-3H,1H2/i1D. The Bertz CT molecular complexity index is 44.8. The molecule has 0 aromatic heterocycles. The molecule has 0 atom stereocenters. The fourth-order valence-electron chi connectivity index (χ4n) is 0.120. The molecule has 0 amide bonds. The molecule has 1 saturated heterocycles. The van der Waals surface area contributed by atoms with Crippen LogP contribution in [0.15, 0.2) is 0 Å². The normalized spacial score (nSPS) is 30.8. The van der Waals surface area contributed by atoms with Crippen LogP contribution in [-0.4, -0.2) is 6.64 Å². The first-order chi connectivity index (χ1) is 2.89. The molecule has 1 aliphatic heterocycles. The van der Waals surface area contributed by atoms with Crippen molar-refractivity contribution >= 4 is 22.0 Å². The highest BCUT2D eigenvalue weighted by atomic mass is 33.1. The van der Waals surface area contributed by atoms with E-state index >= 15 is 0 Å². The quantitative estimate of drug-likeness (QED) is 0.346. The molecular weight excluding hydrogens is 104 g/mol. The average Bonchev–Trinajstić information content (AvgIpc) is 1.86. The van der Waals surface area contributed by atoms with E-state index in [9.17, 15) is 0 Å². The number of rotatable bonds is 0. The van der Waals surface area contributed by atoms with E-state index in [1.54, 1.807) is 0 Å². The van der Waals surface area contributed by atoms with Gasteiger partial charge >= 0.3 is 0 Å². The second-order valence-electron chi connectivity index (χ2n) is 0.547. The van der Waals surface area contributed by atoms with Crippen molar-refractivity contribution in [3.63, 3.8) is 0 Å². The molecule has 0 bridgehead atoms. The van der Waals surface area contributed by atoms with Gasteiger partial charge in [0.2, 0.25) is 0 Å². The van der Waals surface area contributed by atoms with Gasteiger partial charge in [0.1, 0.15) is 0 Å². The zero-order chi connectivity index (χ0) is 4.41. The lowest BCUT2D eigenvalue weighted by molar-refractivity contribution is 0.940. The first-order valence-corrected chi connectivity index (χ1v) is 3.30. The van der Waals surface area contributed by atoms with Crippen molar-refractivity contribution in [3.05, 3.63) is 0 Å². The zero-order valence-corrected chi connectivity index (χ0v) is 4.03. The van der Waals surface area contributed by atoms with E-state index in [0.29, 0.717) is 0 Å². The van der Waals surface area contributed by atoms with Gasteiger partial charge in [-0.1, -0.05) is 0 Å². The fourth-order valence-corrected chi connectivity index (χ4v) is 1.08. The first kappa shape index (κ1) is 2.74. The van der Waals surface area contributed by atoms with Crippen molar-refractivity contribution in [2.45, 2.75) is 0 Å². The predicted octanol–water partition coefficient (Wildman–Crippen LogP) is 0.348. The minimum atomic E-state index is -0.278. The molecule has 2 nitrogen and oxygen atoms in total. The van der Waals surface area contributed by atoms with Gasteiger partial charge in [0.15, 0.2) is 0 Å². The summed E-state index contributed by atoms with van der Waals surface area (Å²) in [6.07, 6.45) is 0. The second-order valence-corrected chi connectivity index (χ2v) is 2.35. The molecule has 0 saturated carbocycles. The Kier molecular flexibility index (Phi) is 1.05. The molecular formula is CH4N2S2. The van der Waals surface area contributed by atoms with E-state index in [4.69, 9.17) is 1.37 Å². The molecule has 30 valence electrons. The Morgan fingerprint density at radius 1 is 1.60 bits per heavy atom. The summed E-state index contributed by atoms with van der Waals surface area (Å²) in [6, 6.07) is 0. The van der Waals surface area contributed by atoms with Crippen molar-refractivity contribution in [2.75, 3.05) is 6.64 Å². The van der Waals surface area contributed by atoms with Crippen LogP contribution < -0.4 is 9.44 Å². The summed E-state index contributed by atoms with van der Waals surface area (Å²) in [5.74, 6) is 0. The van der Waals surface area contributed by atoms with Crippen LogP contribution in [0, 0.1) is 0 Å². The first-order valence-electron chi connectivity index (χ1n) is 1.73. The van der Waals surface area contributed by atoms with Gasteiger partial charge in [-0.05, 0) is 0 Å². The number of nitrogens with one attached hydrogen (secondary N) is 2. The van der Waals surface area contributed by atoms with Crippen LogP contribution in [0.3, 0.4) is 0 Å². The van der Waals surface area contributed by atoms with Crippen molar-refractivity contribution in [2.24, 2.45) is 0 Å². The zero-order valence-electron chi connectivity index (χ0n) is 3.39. The number of hydrogen-bond donors (Lipinski definition) is 2. The molecule has 1 rings (SSSR count). The molecule has 1 fully saturated rings. The van der Waals surface area contributed by atoms with Crippen LogP contribution in [-0.2, 0) is 0 Å². The van der Waals surface area contributed by atoms with E-state index in [0.717, 1.165) is 0 Å². The maximum Gasteiger partial charge on any atom is 0.0663 e. The molecule has 4 heteroatoms. The van der Waals surface area contributed by atoms with E-state index in [1.165, 1.54) is 22.0 Å². The average molecular weight is 109 g/mol. The third kappa shape index (κ3) is 1.00. The lowest BCUT2D eigenvalue weighted by Gasteiger charge is -1.72. The van der Waals surface area contributed by atoms with Gasteiger partial charge in [-0.3, -0.25) is 0 Å². The van der Waals surface area contributed by atoms with Crippen LogP contribution >= 0.6 is 22.0 Å². The molecule has 1 heterocycles. The summed E-state index contributed by atoms with van der Waals surface area (Å²) in [5, 5.41) is 0. The predicted molar refractivity (Wildman–Crippen MR) is 26.3 cm³/mol. The van der Waals surface area contributed by atoms with Gasteiger partial charge in [0, 0.05) is 22.0 Å². The molecule has 0 aromatic rings. The third-order valence-corrected chi connectivity index (χ3v) is 1.59. The van der Waals surface area contributed by atoms with Gasteiger partial charge in [-0.2, -0.15) is 0 Å². The highest BCUT2D eigenvalue weighted by Gasteiger charge is 1.93. The Balaban J connectivity index is 2.18. The van der Waals surface area contributed by atoms with E-state index in [2.05, 4.69) is 9.44 Å². The lowest BCUT2D eigenvalue weighted by Crippen LogP contribution is -2.06. The summed E-state index contributed by atoms with van der Waals surface area (Å²) in [5.41, 5.74) is 0. The summed E-state index contributed by atoms with van der Waals surface area (Å²) < 4.78 is 12.4. The lowest BCUT2D eigenvalue weighted by atomic mass is 11.3. The Hall–Kier alpha value is 0.620. The summed E-state index contributed by atoms with van der Waals surface area (Å²) in [7, 11) is 2.90. The second kappa shape index (κ2) is 1.92. The molecule has 5 heavy (non-hydrogen) atoms. The third-order valence-electron chi connectivity index (χ3n) is 0.256. The molecule has 0 aliphatic carbocycles. The van der Waals surface area contributed by atoms with Crippen LogP contribution in [0.5, 0.6) is 0 Å². The summed E-state index contributed by atoms with van der Waals surface area (Å²) in [4.78, 5) is 0. The van der Waals surface area contributed by atoms with Gasteiger partial charge in [0.05, 0.1) is 8.02 Å². The minimum absolute atomic E-state index is 0.278. The smallest absolute Gasteiger partial charge is 0.0663 e. The van der Waals surface area contributed by atoms with Gasteiger partial charge in [-0.25, -0.2) is 9.44 Å². The monoisotopic (exact) mass is 109 g/mol. The largest absolute Gasteiger partial charge is 0.239 e. The molecule has 0 spiro atoms. The van der Waals surface area contributed by atoms with Crippen LogP contribution in [0.4, 0.5) is 0 Å². The topological polar surface area (TPSA) is 24.1 Å². The van der Waals surface area contributed by atoms with Crippen LogP contribution in [0.1, 0.15) is 1.37 Å². The van der Waals surface area contributed by atoms with Gasteiger partial charge in [-0.15, -0.1) is 0 Å². The molecule has 0 radical (unpaired) electrons. The highest BCUT2D eigenvalue weighted by molar-refractivity contribution is 8.75. The summed E-state index contributed by atoms with van der Waals surface area (Å²) >= 11 is 0. The molecule has 0 unspecified atom stereocenters. The minimum Gasteiger partial charge on any atom is -0.239 e. The fraction of sp³-hybridized carbons (Fsp3) is 1.00. The van der Waals surface area contributed by atoms with Gasteiger partial charge < -0.3 is 0 Å². The Morgan fingerprint density at radius 3 is 2.40 bits per heavy atom. The van der Waals surface area contributed by atoms with E-state index in [-0.39, 0.29) is 6.64 Å². The van der Waals surface area contributed by atoms with Crippen LogP contribution in [0.2, 0.25) is 0 Å². The molecule has 0 aromatic carbocycles. The maximum atomic E-state index is 6.87. The van der Waals surface area contributed by atoms with E-state index < -0.39 is 0 Å². The van der Waals surface area contributed by atoms with Crippen molar-refractivity contribution < 1.29 is 1.37 Å². The summed E-state index contributed by atoms with van der Waals surface area (Å²) in [6.45, 7) is -0.278. The SMILES string of the molecule is [2H]C1NSSN1. The van der Waals surface area contributed by atoms with Crippen molar-refractivity contribution in [1.29, 1.82) is 0 Å². The van der Waals surface area contributed by atoms with E-state index in [1.807, 2.05) is 0 Å². The number of hydrogen-bond acceptors (Lipinski definition) is 4. The van der Waals surface area contributed by atoms with Crippen molar-refractivity contribution in [1.82, 2.24) is 9.44 Å². The molecule has 1 aliphatic rings. The maximum absolute atomic E-state index is 6.87. The molecule has 2 N–H and O–H groups in total. The Labute approximate surface area is 40.2 Å².